The Bertz CT molecular complexity index is 366. The van der Waals surface area contributed by atoms with Crippen LogP contribution in [0.4, 0.5) is 0 Å². The molecule has 0 aromatic carbocycles. The van der Waals surface area contributed by atoms with Gasteiger partial charge in [-0.15, -0.1) is 0 Å². The Kier molecular flexibility index (Phi) is 5.01. The Morgan fingerprint density at radius 1 is 1.56 bits per heavy atom. The van der Waals surface area contributed by atoms with E-state index in [0.29, 0.717) is 17.7 Å². The number of likely N-dealkylation sites (tertiary alicyclic amines) is 1. The molecule has 0 saturated carbocycles. The van der Waals surface area contributed by atoms with Gasteiger partial charge in [0.25, 0.3) is 0 Å². The van der Waals surface area contributed by atoms with E-state index >= 15 is 0 Å². The first kappa shape index (κ1) is 13.4. The van der Waals surface area contributed by atoms with Gasteiger partial charge in [-0.1, -0.05) is 6.92 Å². The maximum absolute atomic E-state index is 5.25. The van der Waals surface area contributed by atoms with E-state index in [9.17, 15) is 0 Å². The van der Waals surface area contributed by atoms with E-state index in [2.05, 4.69) is 22.5 Å². The number of hydrogen-bond acceptors (Lipinski definition) is 3. The Labute approximate surface area is 114 Å². The summed E-state index contributed by atoms with van der Waals surface area (Å²) in [5.74, 6) is 0.898. The van der Waals surface area contributed by atoms with Gasteiger partial charge in [-0.3, -0.25) is 4.90 Å². The molecule has 0 spiro atoms. The number of furan rings is 1. The third-order valence-electron chi connectivity index (χ3n) is 3.41. The highest BCUT2D eigenvalue weighted by Gasteiger charge is 2.22. The normalized spacial score (nSPS) is 19.9. The van der Waals surface area contributed by atoms with Gasteiger partial charge in [0.05, 0.1) is 12.8 Å². The lowest BCUT2D eigenvalue weighted by Crippen LogP contribution is -2.43. The molecule has 1 aromatic rings. The molecule has 0 bridgehead atoms. The highest BCUT2D eigenvalue weighted by molar-refractivity contribution is 7.80. The molecule has 1 aliphatic rings. The second-order valence-corrected chi connectivity index (χ2v) is 4.98. The maximum Gasteiger partial charge on any atom is 0.166 e. The lowest BCUT2D eigenvalue weighted by atomic mass is 10.2. The molecule has 0 radical (unpaired) electrons. The average Bonchev–Trinajstić information content (AvgIpc) is 3.04. The second-order valence-electron chi connectivity index (χ2n) is 4.57. The molecule has 1 fully saturated rings. The molecule has 18 heavy (non-hydrogen) atoms. The van der Waals surface area contributed by atoms with Crippen molar-refractivity contribution in [2.45, 2.75) is 32.4 Å². The largest absolute Gasteiger partial charge is 0.467 e. The number of hydrogen-bond donors (Lipinski definition) is 2. The number of rotatable bonds is 5. The van der Waals surface area contributed by atoms with Crippen LogP contribution in [-0.2, 0) is 6.54 Å². The first-order valence-corrected chi connectivity index (χ1v) is 6.98. The fraction of sp³-hybridized carbons (Fsp3) is 0.615. The summed E-state index contributed by atoms with van der Waals surface area (Å²) >= 11 is 5.25. The molecule has 4 nitrogen and oxygen atoms in total. The van der Waals surface area contributed by atoms with E-state index in [0.717, 1.165) is 18.8 Å². The van der Waals surface area contributed by atoms with Crippen molar-refractivity contribution in [3.05, 3.63) is 24.2 Å². The van der Waals surface area contributed by atoms with Gasteiger partial charge in [-0.25, -0.2) is 0 Å². The van der Waals surface area contributed by atoms with Crippen molar-refractivity contribution in [2.24, 2.45) is 0 Å². The highest BCUT2D eigenvalue weighted by Crippen LogP contribution is 2.15. The topological polar surface area (TPSA) is 40.4 Å². The molecule has 1 aromatic heterocycles. The molecule has 1 aliphatic heterocycles. The van der Waals surface area contributed by atoms with E-state index in [-0.39, 0.29) is 0 Å². The maximum atomic E-state index is 5.25. The summed E-state index contributed by atoms with van der Waals surface area (Å²) in [5.41, 5.74) is 0. The predicted molar refractivity (Wildman–Crippen MR) is 76.4 cm³/mol. The Morgan fingerprint density at radius 2 is 2.44 bits per heavy atom. The van der Waals surface area contributed by atoms with Crippen LogP contribution < -0.4 is 10.6 Å². The number of nitrogens with zero attached hydrogens (tertiary/aromatic N) is 1. The smallest absolute Gasteiger partial charge is 0.166 e. The minimum Gasteiger partial charge on any atom is -0.467 e. The second kappa shape index (κ2) is 6.75. The fourth-order valence-corrected chi connectivity index (χ4v) is 2.55. The first-order valence-electron chi connectivity index (χ1n) is 6.57. The molecule has 2 N–H and O–H groups in total. The van der Waals surface area contributed by atoms with Crippen LogP contribution in [0.1, 0.15) is 25.5 Å². The molecule has 2 heterocycles. The van der Waals surface area contributed by atoms with Gasteiger partial charge in [0.1, 0.15) is 5.76 Å². The molecular formula is C13H21N3OS. The first-order chi connectivity index (χ1) is 8.79. The zero-order chi connectivity index (χ0) is 12.8. The van der Waals surface area contributed by atoms with Crippen LogP contribution in [0.25, 0.3) is 0 Å². The van der Waals surface area contributed by atoms with Gasteiger partial charge in [-0.2, -0.15) is 0 Å². The molecular weight excluding hydrogens is 246 g/mol. The monoisotopic (exact) mass is 267 g/mol. The Morgan fingerprint density at radius 3 is 3.17 bits per heavy atom. The summed E-state index contributed by atoms with van der Waals surface area (Å²) in [6.07, 6.45) is 4.24. The van der Waals surface area contributed by atoms with Crippen LogP contribution in [0.2, 0.25) is 0 Å². The van der Waals surface area contributed by atoms with E-state index in [1.165, 1.54) is 19.4 Å². The van der Waals surface area contributed by atoms with Crippen molar-refractivity contribution in [3.63, 3.8) is 0 Å². The molecule has 0 aliphatic carbocycles. The number of thiocarbonyl (C=S) groups is 1. The van der Waals surface area contributed by atoms with E-state index < -0.39 is 0 Å². The summed E-state index contributed by atoms with van der Waals surface area (Å²) in [5, 5.41) is 7.14. The third kappa shape index (κ3) is 3.71. The standard InChI is InChI=1S/C13H21N3OS/c1-2-16-7-3-5-11(16)9-14-13(18)15-10-12-6-4-8-17-12/h4,6,8,11H,2-3,5,7,9-10H2,1H3,(H2,14,15,18)/t11-/m1/s1. The molecule has 1 saturated heterocycles. The third-order valence-corrected chi connectivity index (χ3v) is 3.70. The highest BCUT2D eigenvalue weighted by atomic mass is 32.1. The zero-order valence-corrected chi connectivity index (χ0v) is 11.6. The molecule has 2 rings (SSSR count). The van der Waals surface area contributed by atoms with Crippen molar-refractivity contribution in [3.8, 4) is 0 Å². The van der Waals surface area contributed by atoms with Crippen LogP contribution in [0.5, 0.6) is 0 Å². The molecule has 0 amide bonds. The van der Waals surface area contributed by atoms with Gasteiger partial charge < -0.3 is 15.1 Å². The van der Waals surface area contributed by atoms with E-state index in [1.54, 1.807) is 6.26 Å². The minimum absolute atomic E-state index is 0.623. The number of nitrogens with one attached hydrogen (secondary N) is 2. The summed E-state index contributed by atoms with van der Waals surface area (Å²) in [6, 6.07) is 4.44. The summed E-state index contributed by atoms with van der Waals surface area (Å²) < 4.78 is 5.24. The fourth-order valence-electron chi connectivity index (χ4n) is 2.40. The summed E-state index contributed by atoms with van der Waals surface area (Å²) in [7, 11) is 0. The van der Waals surface area contributed by atoms with Crippen LogP contribution in [0.3, 0.4) is 0 Å². The van der Waals surface area contributed by atoms with Crippen molar-refractivity contribution >= 4 is 17.3 Å². The number of likely N-dealkylation sites (N-methyl/N-ethyl adjacent to an activating group) is 1. The van der Waals surface area contributed by atoms with Crippen molar-refractivity contribution in [1.82, 2.24) is 15.5 Å². The Balaban J connectivity index is 1.65. The van der Waals surface area contributed by atoms with Gasteiger partial charge in [0.2, 0.25) is 0 Å². The van der Waals surface area contributed by atoms with Crippen LogP contribution in [0, 0.1) is 0 Å². The lowest BCUT2D eigenvalue weighted by Gasteiger charge is -2.23. The lowest BCUT2D eigenvalue weighted by molar-refractivity contribution is 0.267. The van der Waals surface area contributed by atoms with Crippen LogP contribution >= 0.6 is 12.2 Å². The summed E-state index contributed by atoms with van der Waals surface area (Å²) in [6.45, 7) is 6.12. The molecule has 100 valence electrons. The minimum atomic E-state index is 0.623. The zero-order valence-electron chi connectivity index (χ0n) is 10.8. The van der Waals surface area contributed by atoms with Crippen molar-refractivity contribution < 1.29 is 4.42 Å². The van der Waals surface area contributed by atoms with Gasteiger partial charge in [0, 0.05) is 12.6 Å². The predicted octanol–water partition coefficient (Wildman–Crippen LogP) is 1.73. The van der Waals surface area contributed by atoms with E-state index in [4.69, 9.17) is 16.6 Å². The average molecular weight is 267 g/mol. The van der Waals surface area contributed by atoms with Crippen LogP contribution in [0.15, 0.2) is 22.8 Å². The van der Waals surface area contributed by atoms with Crippen LogP contribution in [-0.4, -0.2) is 35.7 Å². The van der Waals surface area contributed by atoms with Gasteiger partial charge in [0.15, 0.2) is 5.11 Å². The quantitative estimate of drug-likeness (QED) is 0.795. The van der Waals surface area contributed by atoms with Crippen molar-refractivity contribution in [2.75, 3.05) is 19.6 Å². The summed E-state index contributed by atoms with van der Waals surface area (Å²) in [4.78, 5) is 2.50. The molecule has 0 unspecified atom stereocenters. The molecule has 5 heteroatoms. The van der Waals surface area contributed by atoms with Gasteiger partial charge >= 0.3 is 0 Å². The van der Waals surface area contributed by atoms with Crippen molar-refractivity contribution in [1.29, 1.82) is 0 Å². The van der Waals surface area contributed by atoms with E-state index in [1.807, 2.05) is 12.1 Å². The van der Waals surface area contributed by atoms with Gasteiger partial charge in [-0.05, 0) is 50.3 Å². The SMILES string of the molecule is CCN1CCC[C@@H]1CNC(=S)NCc1ccco1. The molecule has 1 atom stereocenters. The Hall–Kier alpha value is -1.07.